The summed E-state index contributed by atoms with van der Waals surface area (Å²) >= 11 is 0. The van der Waals surface area contributed by atoms with Crippen molar-refractivity contribution in [1.82, 2.24) is 4.98 Å². The lowest BCUT2D eigenvalue weighted by Gasteiger charge is -2.22. The van der Waals surface area contributed by atoms with Crippen molar-refractivity contribution < 1.29 is 0 Å². The maximum absolute atomic E-state index is 4.01. The maximum atomic E-state index is 4.01. The summed E-state index contributed by atoms with van der Waals surface area (Å²) in [6.45, 7) is 6.91. The zero-order valence-corrected chi connectivity index (χ0v) is 8.88. The molecule has 72 valence electrons. The maximum Gasteiger partial charge on any atom is 0.0270 e. The Bertz CT molecular complexity index is 239. The van der Waals surface area contributed by atoms with Gasteiger partial charge in [-0.05, 0) is 36.0 Å². The van der Waals surface area contributed by atoms with E-state index < -0.39 is 0 Å². The van der Waals surface area contributed by atoms with Crippen LogP contribution in [0.5, 0.6) is 0 Å². The molecule has 13 heavy (non-hydrogen) atoms. The van der Waals surface area contributed by atoms with E-state index in [0.29, 0.717) is 5.41 Å². The third-order valence-electron chi connectivity index (χ3n) is 2.80. The number of pyridine rings is 1. The van der Waals surface area contributed by atoms with Crippen LogP contribution in [0.4, 0.5) is 0 Å². The largest absolute Gasteiger partial charge is 0.265 e. The van der Waals surface area contributed by atoms with E-state index in [2.05, 4.69) is 37.9 Å². The van der Waals surface area contributed by atoms with E-state index in [1.54, 1.807) is 0 Å². The Morgan fingerprint density at radius 2 is 1.85 bits per heavy atom. The predicted octanol–water partition coefficient (Wildman–Crippen LogP) is 3.45. The molecule has 0 aliphatic rings. The molecule has 1 aromatic rings. The fourth-order valence-corrected chi connectivity index (χ4v) is 1.21. The minimum Gasteiger partial charge on any atom is -0.265 e. The molecule has 1 heteroatoms. The van der Waals surface area contributed by atoms with Gasteiger partial charge in [0.15, 0.2) is 0 Å². The number of nitrogens with zero attached hydrogens (tertiary/aromatic N) is 1. The first-order chi connectivity index (χ1) is 6.14. The molecule has 0 aromatic carbocycles. The summed E-state index contributed by atoms with van der Waals surface area (Å²) in [6, 6.07) is 4.21. The number of hydrogen-bond acceptors (Lipinski definition) is 1. The molecule has 0 spiro atoms. The van der Waals surface area contributed by atoms with Crippen molar-refractivity contribution in [2.75, 3.05) is 0 Å². The van der Waals surface area contributed by atoms with Gasteiger partial charge in [-0.25, -0.2) is 0 Å². The second-order valence-electron chi connectivity index (χ2n) is 4.37. The van der Waals surface area contributed by atoms with Crippen LogP contribution in [0.1, 0.15) is 39.2 Å². The summed E-state index contributed by atoms with van der Waals surface area (Å²) in [4.78, 5) is 4.01. The molecule has 0 bridgehead atoms. The first kappa shape index (κ1) is 10.2. The van der Waals surface area contributed by atoms with Crippen LogP contribution in [-0.2, 0) is 6.42 Å². The van der Waals surface area contributed by atoms with Gasteiger partial charge in [0.05, 0.1) is 0 Å². The Hall–Kier alpha value is -0.850. The van der Waals surface area contributed by atoms with Crippen molar-refractivity contribution in [3.8, 4) is 0 Å². The van der Waals surface area contributed by atoms with Gasteiger partial charge in [-0.3, -0.25) is 4.98 Å². The third kappa shape index (κ3) is 3.58. The zero-order valence-electron chi connectivity index (χ0n) is 8.88. The summed E-state index contributed by atoms with van der Waals surface area (Å²) in [5, 5.41) is 0. The van der Waals surface area contributed by atoms with Crippen molar-refractivity contribution in [2.24, 2.45) is 5.41 Å². The molecule has 1 nitrogen and oxygen atoms in total. The van der Waals surface area contributed by atoms with Crippen molar-refractivity contribution in [2.45, 2.75) is 40.0 Å². The summed E-state index contributed by atoms with van der Waals surface area (Å²) in [6.07, 6.45) is 7.41. The molecule has 0 N–H and O–H groups in total. The molecule has 0 aliphatic carbocycles. The predicted molar refractivity (Wildman–Crippen MR) is 56.6 cm³/mol. The molecule has 1 heterocycles. The molecule has 0 unspecified atom stereocenters. The Kier molecular flexibility index (Phi) is 3.47. The Morgan fingerprint density at radius 3 is 2.38 bits per heavy atom. The minimum absolute atomic E-state index is 0.475. The summed E-state index contributed by atoms with van der Waals surface area (Å²) < 4.78 is 0. The number of aryl methyl sites for hydroxylation is 1. The van der Waals surface area contributed by atoms with Crippen molar-refractivity contribution >= 4 is 0 Å². The highest BCUT2D eigenvalue weighted by molar-refractivity contribution is 5.09. The van der Waals surface area contributed by atoms with E-state index >= 15 is 0 Å². The molecule has 1 aromatic heterocycles. The Morgan fingerprint density at radius 1 is 1.23 bits per heavy atom. The monoisotopic (exact) mass is 177 g/mol. The lowest BCUT2D eigenvalue weighted by molar-refractivity contribution is 0.322. The van der Waals surface area contributed by atoms with Crippen LogP contribution in [0.25, 0.3) is 0 Å². The SMILES string of the molecule is CCC(C)(C)CCc1ccncc1. The van der Waals surface area contributed by atoms with E-state index in [1.807, 2.05) is 12.4 Å². The summed E-state index contributed by atoms with van der Waals surface area (Å²) in [5.74, 6) is 0. The topological polar surface area (TPSA) is 12.9 Å². The van der Waals surface area contributed by atoms with Crippen LogP contribution >= 0.6 is 0 Å². The van der Waals surface area contributed by atoms with Crippen molar-refractivity contribution in [1.29, 1.82) is 0 Å². The molecule has 0 aliphatic heterocycles. The minimum atomic E-state index is 0.475. The van der Waals surface area contributed by atoms with Gasteiger partial charge >= 0.3 is 0 Å². The lowest BCUT2D eigenvalue weighted by atomic mass is 9.84. The first-order valence-electron chi connectivity index (χ1n) is 5.03. The van der Waals surface area contributed by atoms with Crippen LogP contribution in [0.15, 0.2) is 24.5 Å². The van der Waals surface area contributed by atoms with Crippen LogP contribution in [0.2, 0.25) is 0 Å². The Balaban J connectivity index is 2.44. The number of hydrogen-bond donors (Lipinski definition) is 0. The molecule has 0 saturated carbocycles. The van der Waals surface area contributed by atoms with Crippen molar-refractivity contribution in [3.05, 3.63) is 30.1 Å². The highest BCUT2D eigenvalue weighted by Gasteiger charge is 2.14. The van der Waals surface area contributed by atoms with E-state index in [1.165, 1.54) is 24.8 Å². The fourth-order valence-electron chi connectivity index (χ4n) is 1.21. The lowest BCUT2D eigenvalue weighted by Crippen LogP contribution is -2.10. The van der Waals surface area contributed by atoms with Gasteiger partial charge in [-0.15, -0.1) is 0 Å². The smallest absolute Gasteiger partial charge is 0.0270 e. The van der Waals surface area contributed by atoms with Crippen molar-refractivity contribution in [3.63, 3.8) is 0 Å². The van der Waals surface area contributed by atoms with Gasteiger partial charge in [0.25, 0.3) is 0 Å². The Labute approximate surface area is 81.2 Å². The quantitative estimate of drug-likeness (QED) is 0.686. The average molecular weight is 177 g/mol. The van der Waals surface area contributed by atoms with Gasteiger partial charge in [-0.1, -0.05) is 27.2 Å². The summed E-state index contributed by atoms with van der Waals surface area (Å²) in [7, 11) is 0. The normalized spacial score (nSPS) is 11.6. The standard InChI is InChI=1S/C12H19N/c1-4-12(2,3)8-5-11-6-9-13-10-7-11/h6-7,9-10H,4-5,8H2,1-3H3. The molecule has 0 radical (unpaired) electrons. The van der Waals surface area contributed by atoms with E-state index in [-0.39, 0.29) is 0 Å². The van der Waals surface area contributed by atoms with Crippen LogP contribution < -0.4 is 0 Å². The highest BCUT2D eigenvalue weighted by atomic mass is 14.6. The molecular weight excluding hydrogens is 158 g/mol. The van der Waals surface area contributed by atoms with Gasteiger partial charge in [0.2, 0.25) is 0 Å². The number of aromatic nitrogens is 1. The van der Waals surface area contributed by atoms with Gasteiger partial charge in [0, 0.05) is 12.4 Å². The van der Waals surface area contributed by atoms with Crippen LogP contribution in [0, 0.1) is 5.41 Å². The molecule has 1 rings (SSSR count). The first-order valence-corrected chi connectivity index (χ1v) is 5.03. The number of rotatable bonds is 4. The average Bonchev–Trinajstić information content (AvgIpc) is 2.17. The van der Waals surface area contributed by atoms with E-state index in [0.717, 1.165) is 0 Å². The van der Waals surface area contributed by atoms with E-state index in [9.17, 15) is 0 Å². The molecular formula is C12H19N. The van der Waals surface area contributed by atoms with Crippen LogP contribution in [-0.4, -0.2) is 4.98 Å². The van der Waals surface area contributed by atoms with E-state index in [4.69, 9.17) is 0 Å². The molecule has 0 saturated heterocycles. The summed E-state index contributed by atoms with van der Waals surface area (Å²) in [5.41, 5.74) is 1.88. The second-order valence-corrected chi connectivity index (χ2v) is 4.37. The molecule has 0 fully saturated rings. The van der Waals surface area contributed by atoms with Crippen LogP contribution in [0.3, 0.4) is 0 Å². The van der Waals surface area contributed by atoms with Gasteiger partial charge < -0.3 is 0 Å². The third-order valence-corrected chi connectivity index (χ3v) is 2.80. The molecule has 0 amide bonds. The molecule has 0 atom stereocenters. The van der Waals surface area contributed by atoms with Gasteiger partial charge in [0.1, 0.15) is 0 Å². The highest BCUT2D eigenvalue weighted by Crippen LogP contribution is 2.26. The zero-order chi connectivity index (χ0) is 9.73. The fraction of sp³-hybridized carbons (Fsp3) is 0.583. The second kappa shape index (κ2) is 4.40. The van der Waals surface area contributed by atoms with Gasteiger partial charge in [-0.2, -0.15) is 0 Å².